The molecule has 3 aromatic rings. The average Bonchev–Trinajstić information content (AvgIpc) is 3.30. The van der Waals surface area contributed by atoms with Gasteiger partial charge in [0.1, 0.15) is 17.3 Å². The van der Waals surface area contributed by atoms with Gasteiger partial charge >= 0.3 is 5.97 Å². The van der Waals surface area contributed by atoms with Crippen LogP contribution >= 0.6 is 11.6 Å². The maximum Gasteiger partial charge on any atom is 0.308 e. The summed E-state index contributed by atoms with van der Waals surface area (Å²) < 4.78 is 13.2. The molecule has 6 heteroatoms. The molecular formula is C22H23ClN2O3. The van der Waals surface area contributed by atoms with Crippen molar-refractivity contribution in [3.05, 3.63) is 41.4 Å². The molecule has 2 aromatic carbocycles. The lowest BCUT2D eigenvalue weighted by Crippen LogP contribution is -2.07. The van der Waals surface area contributed by atoms with Gasteiger partial charge in [0.05, 0.1) is 22.7 Å². The van der Waals surface area contributed by atoms with E-state index in [1.807, 2.05) is 31.2 Å². The summed E-state index contributed by atoms with van der Waals surface area (Å²) in [6.45, 7) is 3.91. The molecule has 0 amide bonds. The second-order valence-electron chi connectivity index (χ2n) is 7.07. The van der Waals surface area contributed by atoms with Crippen LogP contribution in [-0.4, -0.2) is 22.1 Å². The van der Waals surface area contributed by atoms with E-state index in [0.29, 0.717) is 29.2 Å². The second kappa shape index (κ2) is 7.84. The molecular weight excluding hydrogens is 376 g/mol. The Bertz CT molecular complexity index is 1000. The van der Waals surface area contributed by atoms with Gasteiger partial charge in [-0.3, -0.25) is 4.79 Å². The first-order chi connectivity index (χ1) is 13.6. The number of halogens is 1. The van der Waals surface area contributed by atoms with Crippen LogP contribution in [0.5, 0.6) is 11.5 Å². The second-order valence-corrected chi connectivity index (χ2v) is 7.47. The minimum absolute atomic E-state index is 0.330. The molecule has 0 bridgehead atoms. The summed E-state index contributed by atoms with van der Waals surface area (Å²) >= 11 is 6.40. The minimum atomic E-state index is -0.330. The number of imidazole rings is 1. The highest BCUT2D eigenvalue weighted by molar-refractivity contribution is 6.32. The number of esters is 1. The Labute approximate surface area is 169 Å². The van der Waals surface area contributed by atoms with E-state index >= 15 is 0 Å². The van der Waals surface area contributed by atoms with Gasteiger partial charge in [0.2, 0.25) is 0 Å². The SMILES string of the molecule is CCOc1cc2c(cc1Cl)nc(-c1ccc(OC(C)=O)cc1)n2C1CCCC1. The van der Waals surface area contributed by atoms with Gasteiger partial charge in [-0.25, -0.2) is 4.98 Å². The molecule has 1 heterocycles. The zero-order valence-electron chi connectivity index (χ0n) is 16.1. The van der Waals surface area contributed by atoms with Gasteiger partial charge in [0.25, 0.3) is 0 Å². The predicted molar refractivity (Wildman–Crippen MR) is 110 cm³/mol. The molecule has 0 spiro atoms. The normalized spacial score (nSPS) is 14.5. The summed E-state index contributed by atoms with van der Waals surface area (Å²) in [5, 5.41) is 0.571. The molecule has 1 aliphatic carbocycles. The van der Waals surface area contributed by atoms with E-state index in [2.05, 4.69) is 4.57 Å². The zero-order valence-corrected chi connectivity index (χ0v) is 16.8. The number of nitrogens with zero attached hydrogens (tertiary/aromatic N) is 2. The Morgan fingerprint density at radius 1 is 1.21 bits per heavy atom. The fraction of sp³-hybridized carbons (Fsp3) is 0.364. The van der Waals surface area contributed by atoms with Crippen LogP contribution in [-0.2, 0) is 4.79 Å². The number of rotatable bonds is 5. The van der Waals surface area contributed by atoms with E-state index in [1.165, 1.54) is 19.8 Å². The molecule has 0 radical (unpaired) electrons. The van der Waals surface area contributed by atoms with Gasteiger partial charge in [-0.05, 0) is 50.1 Å². The van der Waals surface area contributed by atoms with Crippen LogP contribution in [0.25, 0.3) is 22.4 Å². The van der Waals surface area contributed by atoms with Gasteiger partial charge in [-0.15, -0.1) is 0 Å². The molecule has 0 saturated heterocycles. The third kappa shape index (κ3) is 3.59. The minimum Gasteiger partial charge on any atom is -0.492 e. The van der Waals surface area contributed by atoms with E-state index in [-0.39, 0.29) is 5.97 Å². The first-order valence-corrected chi connectivity index (χ1v) is 10.1. The van der Waals surface area contributed by atoms with Gasteiger partial charge < -0.3 is 14.0 Å². The van der Waals surface area contributed by atoms with Crippen LogP contribution in [0, 0.1) is 0 Å². The van der Waals surface area contributed by atoms with Crippen LogP contribution in [0.4, 0.5) is 0 Å². The maximum atomic E-state index is 11.2. The van der Waals surface area contributed by atoms with Crippen LogP contribution in [0.3, 0.4) is 0 Å². The number of hydrogen-bond acceptors (Lipinski definition) is 4. The van der Waals surface area contributed by atoms with Crippen LogP contribution in [0.2, 0.25) is 5.02 Å². The summed E-state index contributed by atoms with van der Waals surface area (Å²) in [4.78, 5) is 16.1. The van der Waals surface area contributed by atoms with Crippen molar-refractivity contribution in [1.82, 2.24) is 9.55 Å². The van der Waals surface area contributed by atoms with Crippen molar-refractivity contribution in [2.24, 2.45) is 0 Å². The molecule has 0 atom stereocenters. The maximum absolute atomic E-state index is 11.2. The largest absolute Gasteiger partial charge is 0.492 e. The van der Waals surface area contributed by atoms with Crippen LogP contribution < -0.4 is 9.47 Å². The first-order valence-electron chi connectivity index (χ1n) is 9.70. The van der Waals surface area contributed by atoms with Crippen molar-refractivity contribution in [2.45, 2.75) is 45.6 Å². The highest BCUT2D eigenvalue weighted by Crippen LogP contribution is 2.39. The molecule has 146 valence electrons. The van der Waals surface area contributed by atoms with E-state index in [4.69, 9.17) is 26.1 Å². The number of fused-ring (bicyclic) bond motifs is 1. The molecule has 1 saturated carbocycles. The van der Waals surface area contributed by atoms with Crippen molar-refractivity contribution in [3.8, 4) is 22.9 Å². The predicted octanol–water partition coefficient (Wildman–Crippen LogP) is 5.80. The lowest BCUT2D eigenvalue weighted by Gasteiger charge is -2.17. The number of carbonyl (C=O) groups is 1. The average molecular weight is 399 g/mol. The standard InChI is InChI=1S/C22H23ClN2O3/c1-3-27-21-13-20-19(12-18(21)23)24-22(25(20)16-6-4-5-7-16)15-8-10-17(11-9-15)28-14(2)26/h8-13,16H,3-7H2,1-2H3. The summed E-state index contributed by atoms with van der Waals surface area (Å²) in [5.41, 5.74) is 2.88. The molecule has 0 aliphatic heterocycles. The van der Waals surface area contributed by atoms with Crippen molar-refractivity contribution < 1.29 is 14.3 Å². The molecule has 5 nitrogen and oxygen atoms in total. The molecule has 28 heavy (non-hydrogen) atoms. The summed E-state index contributed by atoms with van der Waals surface area (Å²) in [5.74, 6) is 1.79. The van der Waals surface area contributed by atoms with Gasteiger partial charge in [0.15, 0.2) is 0 Å². The summed E-state index contributed by atoms with van der Waals surface area (Å²) in [7, 11) is 0. The number of ether oxygens (including phenoxy) is 2. The molecule has 1 aromatic heterocycles. The molecule has 1 fully saturated rings. The number of benzene rings is 2. The molecule has 4 rings (SSSR count). The van der Waals surface area contributed by atoms with Gasteiger partial charge in [-0.1, -0.05) is 24.4 Å². The van der Waals surface area contributed by atoms with E-state index < -0.39 is 0 Å². The Kier molecular flexibility index (Phi) is 5.27. The summed E-state index contributed by atoms with van der Waals surface area (Å²) in [6.07, 6.45) is 4.72. The fourth-order valence-electron chi connectivity index (χ4n) is 3.94. The topological polar surface area (TPSA) is 53.4 Å². The Morgan fingerprint density at radius 3 is 2.57 bits per heavy atom. The number of aromatic nitrogens is 2. The Hall–Kier alpha value is -2.53. The third-order valence-corrected chi connectivity index (χ3v) is 5.40. The van der Waals surface area contributed by atoms with E-state index in [1.54, 1.807) is 12.1 Å². The molecule has 0 unspecified atom stereocenters. The highest BCUT2D eigenvalue weighted by atomic mass is 35.5. The van der Waals surface area contributed by atoms with Crippen LogP contribution in [0.1, 0.15) is 45.6 Å². The van der Waals surface area contributed by atoms with Gasteiger partial charge in [-0.2, -0.15) is 0 Å². The van der Waals surface area contributed by atoms with E-state index in [0.717, 1.165) is 35.3 Å². The van der Waals surface area contributed by atoms with Gasteiger partial charge in [0, 0.05) is 24.6 Å². The quantitative estimate of drug-likeness (QED) is 0.403. The first kappa shape index (κ1) is 18.8. The lowest BCUT2D eigenvalue weighted by molar-refractivity contribution is -0.131. The number of carbonyl (C=O) groups excluding carboxylic acids is 1. The van der Waals surface area contributed by atoms with Crippen molar-refractivity contribution in [1.29, 1.82) is 0 Å². The monoisotopic (exact) mass is 398 g/mol. The van der Waals surface area contributed by atoms with Crippen molar-refractivity contribution in [2.75, 3.05) is 6.61 Å². The summed E-state index contributed by atoms with van der Waals surface area (Å²) in [6, 6.07) is 11.8. The zero-order chi connectivity index (χ0) is 19.7. The lowest BCUT2D eigenvalue weighted by atomic mass is 10.1. The smallest absolute Gasteiger partial charge is 0.308 e. The fourth-order valence-corrected chi connectivity index (χ4v) is 4.15. The highest BCUT2D eigenvalue weighted by Gasteiger charge is 2.24. The Balaban J connectivity index is 1.84. The number of hydrogen-bond donors (Lipinski definition) is 0. The van der Waals surface area contributed by atoms with Crippen molar-refractivity contribution >= 4 is 28.6 Å². The molecule has 1 aliphatic rings. The van der Waals surface area contributed by atoms with Crippen LogP contribution in [0.15, 0.2) is 36.4 Å². The third-order valence-electron chi connectivity index (χ3n) is 5.11. The molecule has 0 N–H and O–H groups in total. The van der Waals surface area contributed by atoms with Crippen molar-refractivity contribution in [3.63, 3.8) is 0 Å². The Morgan fingerprint density at radius 2 is 1.93 bits per heavy atom. The van der Waals surface area contributed by atoms with E-state index in [9.17, 15) is 4.79 Å².